The van der Waals surface area contributed by atoms with Crippen molar-refractivity contribution in [3.63, 3.8) is 0 Å². The van der Waals surface area contributed by atoms with Gasteiger partial charge in [0.25, 0.3) is 0 Å². The summed E-state index contributed by atoms with van der Waals surface area (Å²) in [5.74, 6) is 0.182. The normalized spacial score (nSPS) is 14.3. The van der Waals surface area contributed by atoms with E-state index >= 15 is 0 Å². The molecule has 1 aliphatic heterocycles. The molecule has 1 aromatic heterocycles. The van der Waals surface area contributed by atoms with Crippen LogP contribution in [0.15, 0.2) is 70.4 Å². The number of nitrogens with zero attached hydrogens (tertiary/aromatic N) is 1. The summed E-state index contributed by atoms with van der Waals surface area (Å²) in [4.78, 5) is 28.7. The molecule has 4 nitrogen and oxygen atoms in total. The van der Waals surface area contributed by atoms with Crippen LogP contribution in [0.1, 0.15) is 49.2 Å². The third kappa shape index (κ3) is 6.04. The van der Waals surface area contributed by atoms with Crippen molar-refractivity contribution in [2.24, 2.45) is 0 Å². The Morgan fingerprint density at radius 1 is 0.974 bits per heavy atom. The smallest absolute Gasteiger partial charge is 0.195 e. The van der Waals surface area contributed by atoms with Crippen LogP contribution in [0.2, 0.25) is 0 Å². The maximum Gasteiger partial charge on any atom is 0.195 e. The van der Waals surface area contributed by atoms with Crippen LogP contribution in [0.3, 0.4) is 0 Å². The van der Waals surface area contributed by atoms with Crippen LogP contribution < -0.4 is 5.43 Å². The number of hydrogen-bond donors (Lipinski definition) is 0. The van der Waals surface area contributed by atoms with E-state index in [1.165, 1.54) is 16.0 Å². The molecular weight excluding hydrogens is 510 g/mol. The number of ketones is 1. The van der Waals surface area contributed by atoms with Gasteiger partial charge in [0.05, 0.1) is 18.8 Å². The average Bonchev–Trinajstić information content (AvgIpc) is 2.97. The molecule has 0 bridgehead atoms. The summed E-state index contributed by atoms with van der Waals surface area (Å²) in [7, 11) is 0. The summed E-state index contributed by atoms with van der Waals surface area (Å²) < 4.78 is 7.59. The van der Waals surface area contributed by atoms with E-state index in [1.807, 2.05) is 68.6 Å². The summed E-state index contributed by atoms with van der Waals surface area (Å²) in [5.41, 5.74) is 3.04. The first-order valence-corrected chi connectivity index (χ1v) is 15.3. The van der Waals surface area contributed by atoms with Gasteiger partial charge in [-0.1, -0.05) is 44.2 Å². The van der Waals surface area contributed by atoms with Gasteiger partial charge in [-0.2, -0.15) is 0 Å². The standard InChI is InChI=1S/C17H16OS.C15H21NO2S/c1-3-11-9-12(4-2)17-14(10-11)16(18)13-7-5-6-8-15(13)19-17;1-15(2,16-8-10-18-11-9-16)14(17)12-4-6-13(19-3)7-5-12/h5-10H,3-4H2,1-2H3;4-7H,8-11H2,1-3H3. The number of morpholine rings is 1. The maximum atomic E-state index is 12.7. The minimum Gasteiger partial charge on any atom is -0.379 e. The van der Waals surface area contributed by atoms with Crippen molar-refractivity contribution in [3.8, 4) is 0 Å². The molecule has 3 aromatic carbocycles. The van der Waals surface area contributed by atoms with Gasteiger partial charge in [0.15, 0.2) is 11.2 Å². The second-order valence-corrected chi connectivity index (χ2v) is 11.9. The zero-order valence-corrected chi connectivity index (χ0v) is 24.6. The molecule has 1 saturated heterocycles. The molecule has 1 aliphatic rings. The van der Waals surface area contributed by atoms with Crippen LogP contribution in [-0.4, -0.2) is 48.8 Å². The summed E-state index contributed by atoms with van der Waals surface area (Å²) >= 11 is 3.42. The molecule has 0 N–H and O–H groups in total. The summed E-state index contributed by atoms with van der Waals surface area (Å²) in [6.45, 7) is 11.4. The molecular formula is C32H37NO3S2. The van der Waals surface area contributed by atoms with Crippen molar-refractivity contribution in [1.82, 2.24) is 4.90 Å². The lowest BCUT2D eigenvalue weighted by molar-refractivity contribution is -0.00430. The summed E-state index contributed by atoms with van der Waals surface area (Å²) in [5, 5.41) is 1.73. The topological polar surface area (TPSA) is 46.6 Å². The second-order valence-electron chi connectivity index (χ2n) is 9.98. The van der Waals surface area contributed by atoms with Crippen LogP contribution in [0.25, 0.3) is 20.2 Å². The van der Waals surface area contributed by atoms with Gasteiger partial charge in [-0.25, -0.2) is 0 Å². The quantitative estimate of drug-likeness (QED) is 0.145. The maximum absolute atomic E-state index is 12.7. The van der Waals surface area contributed by atoms with E-state index in [-0.39, 0.29) is 11.2 Å². The number of carbonyl (C=O) groups excluding carboxylic acids is 1. The fourth-order valence-corrected chi connectivity index (χ4v) is 6.51. The highest BCUT2D eigenvalue weighted by Crippen LogP contribution is 2.29. The minimum absolute atomic E-state index is 0.175. The Hall–Kier alpha value is -2.51. The van der Waals surface area contributed by atoms with Crippen molar-refractivity contribution < 1.29 is 9.53 Å². The number of aryl methyl sites for hydroxylation is 2. The van der Waals surface area contributed by atoms with Gasteiger partial charge in [0.2, 0.25) is 0 Å². The average molecular weight is 548 g/mol. The van der Waals surface area contributed by atoms with Crippen molar-refractivity contribution in [2.75, 3.05) is 32.6 Å². The lowest BCUT2D eigenvalue weighted by atomic mass is 9.91. The van der Waals surface area contributed by atoms with Crippen LogP contribution in [0, 0.1) is 0 Å². The molecule has 0 saturated carbocycles. The first kappa shape index (κ1) is 28.5. The molecule has 2 heterocycles. The Labute approximate surface area is 234 Å². The molecule has 0 spiro atoms. The highest BCUT2D eigenvalue weighted by molar-refractivity contribution is 7.98. The number of ether oxygens (including phenoxy) is 1. The van der Waals surface area contributed by atoms with Crippen molar-refractivity contribution >= 4 is 49.1 Å². The first-order chi connectivity index (χ1) is 18.3. The Morgan fingerprint density at radius 2 is 1.66 bits per heavy atom. The molecule has 1 fully saturated rings. The van der Waals surface area contributed by atoms with Crippen molar-refractivity contribution in [2.45, 2.75) is 51.0 Å². The predicted octanol–water partition coefficient (Wildman–Crippen LogP) is 7.24. The van der Waals surface area contributed by atoms with E-state index in [0.29, 0.717) is 13.2 Å². The van der Waals surface area contributed by atoms with Gasteiger partial charge in [-0.05, 0) is 74.4 Å². The number of Topliss-reactive ketones (excluding diaryl/α,β-unsaturated/α-hetero) is 1. The first-order valence-electron chi connectivity index (χ1n) is 13.3. The fourth-order valence-electron chi connectivity index (χ4n) is 4.87. The van der Waals surface area contributed by atoms with Crippen LogP contribution in [-0.2, 0) is 17.6 Å². The van der Waals surface area contributed by atoms with Crippen molar-refractivity contribution in [3.05, 3.63) is 87.6 Å². The van der Waals surface area contributed by atoms with Gasteiger partial charge < -0.3 is 4.74 Å². The Bertz CT molecular complexity index is 1470. The monoisotopic (exact) mass is 547 g/mol. The lowest BCUT2D eigenvalue weighted by Gasteiger charge is -2.39. The van der Waals surface area contributed by atoms with Gasteiger partial charge in [-0.15, -0.1) is 23.1 Å². The number of carbonyl (C=O) groups is 1. The molecule has 38 heavy (non-hydrogen) atoms. The Kier molecular flexibility index (Phi) is 9.42. The van der Waals surface area contributed by atoms with Gasteiger partial charge in [0.1, 0.15) is 0 Å². The van der Waals surface area contributed by atoms with E-state index in [2.05, 4.69) is 30.9 Å². The lowest BCUT2D eigenvalue weighted by Crippen LogP contribution is -2.54. The zero-order valence-electron chi connectivity index (χ0n) is 23.0. The zero-order chi connectivity index (χ0) is 27.3. The van der Waals surface area contributed by atoms with E-state index in [4.69, 9.17) is 4.74 Å². The highest BCUT2D eigenvalue weighted by atomic mass is 32.2. The summed E-state index contributed by atoms with van der Waals surface area (Å²) in [6.07, 6.45) is 3.98. The largest absolute Gasteiger partial charge is 0.379 e. The fraction of sp³-hybridized carbons (Fsp3) is 0.375. The number of benzene rings is 3. The SMILES string of the molecule is CCc1cc(CC)c2sc3ccccc3c(=O)c2c1.CSc1ccc(C(=O)C(C)(C)N2CCOCC2)cc1. The van der Waals surface area contributed by atoms with Gasteiger partial charge >= 0.3 is 0 Å². The molecule has 0 atom stereocenters. The van der Waals surface area contributed by atoms with Crippen LogP contribution in [0.5, 0.6) is 0 Å². The number of rotatable bonds is 6. The van der Waals surface area contributed by atoms with Gasteiger partial charge in [-0.3, -0.25) is 14.5 Å². The number of thioether (sulfide) groups is 1. The number of hydrogen-bond acceptors (Lipinski definition) is 6. The third-order valence-corrected chi connectivity index (χ3v) is 9.32. The third-order valence-electron chi connectivity index (χ3n) is 7.31. The molecule has 0 radical (unpaired) electrons. The van der Waals surface area contributed by atoms with E-state index < -0.39 is 5.54 Å². The van der Waals surface area contributed by atoms with Crippen LogP contribution >= 0.6 is 23.1 Å². The predicted molar refractivity (Wildman–Crippen MR) is 163 cm³/mol. The molecule has 0 unspecified atom stereocenters. The molecule has 200 valence electrons. The molecule has 4 aromatic rings. The molecule has 0 amide bonds. The Balaban J connectivity index is 0.000000177. The van der Waals surface area contributed by atoms with E-state index in [0.717, 1.165) is 51.7 Å². The van der Waals surface area contributed by atoms with Crippen molar-refractivity contribution in [1.29, 1.82) is 0 Å². The Morgan fingerprint density at radius 3 is 2.29 bits per heavy atom. The summed E-state index contributed by atoms with van der Waals surface area (Å²) in [6, 6.07) is 20.1. The molecule has 0 aliphatic carbocycles. The second kappa shape index (κ2) is 12.6. The van der Waals surface area contributed by atoms with E-state index in [1.54, 1.807) is 23.1 Å². The van der Waals surface area contributed by atoms with Gasteiger partial charge in [0, 0.05) is 43.7 Å². The molecule has 5 rings (SSSR count). The van der Waals surface area contributed by atoms with Crippen LogP contribution in [0.4, 0.5) is 0 Å². The van der Waals surface area contributed by atoms with E-state index in [9.17, 15) is 9.59 Å². The molecule has 6 heteroatoms. The number of fused-ring (bicyclic) bond motifs is 2. The highest BCUT2D eigenvalue weighted by Gasteiger charge is 2.35. The minimum atomic E-state index is -0.468.